The molecule has 0 spiro atoms. The Bertz CT molecular complexity index is 592. The van der Waals surface area contributed by atoms with Gasteiger partial charge in [-0.25, -0.2) is 4.39 Å². The fraction of sp³-hybridized carbons (Fsp3) is 0.214. The Morgan fingerprint density at radius 2 is 2.21 bits per heavy atom. The number of nitrogens with one attached hydrogen (secondary N) is 1. The van der Waals surface area contributed by atoms with Crippen molar-refractivity contribution in [3.8, 4) is 0 Å². The molecule has 0 aliphatic rings. The number of primary amides is 1. The first-order chi connectivity index (χ1) is 9.11. The predicted octanol–water partition coefficient (Wildman–Crippen LogP) is 2.36. The minimum Gasteiger partial charge on any atom is -0.379 e. The van der Waals surface area contributed by atoms with E-state index in [1.807, 2.05) is 18.3 Å². The summed E-state index contributed by atoms with van der Waals surface area (Å²) in [7, 11) is 0. The number of nitrogens with two attached hydrogens (primary N) is 1. The molecule has 100 valence electrons. The molecule has 0 saturated heterocycles. The van der Waals surface area contributed by atoms with Crippen molar-refractivity contribution < 1.29 is 9.18 Å². The van der Waals surface area contributed by atoms with Crippen LogP contribution in [0.1, 0.15) is 23.0 Å². The third-order valence-corrected chi connectivity index (χ3v) is 2.97. The summed E-state index contributed by atoms with van der Waals surface area (Å²) in [5.74, 6) is -1.37. The Labute approximate surface area is 111 Å². The monoisotopic (exact) mass is 261 g/mol. The van der Waals surface area contributed by atoms with Gasteiger partial charge in [0.15, 0.2) is 0 Å². The van der Waals surface area contributed by atoms with E-state index in [1.165, 1.54) is 12.1 Å². The molecule has 1 aromatic heterocycles. The number of amides is 1. The van der Waals surface area contributed by atoms with Crippen molar-refractivity contribution in [1.29, 1.82) is 0 Å². The van der Waals surface area contributed by atoms with Crippen LogP contribution in [0, 0.1) is 5.82 Å². The maximum atomic E-state index is 13.3. The molecule has 0 aliphatic heterocycles. The van der Waals surface area contributed by atoms with Crippen LogP contribution in [0.4, 0.5) is 10.1 Å². The number of hydrogen-bond donors (Lipinski definition) is 2. The van der Waals surface area contributed by atoms with E-state index >= 15 is 0 Å². The maximum absolute atomic E-state index is 13.3. The smallest absolute Gasteiger partial charge is 0.251 e. The van der Waals surface area contributed by atoms with E-state index < -0.39 is 11.7 Å². The first-order valence-electron chi connectivity index (χ1n) is 6.09. The summed E-state index contributed by atoms with van der Waals surface area (Å²) in [4.78, 5) is 11.1. The lowest BCUT2D eigenvalue weighted by Gasteiger charge is -2.10. The summed E-state index contributed by atoms with van der Waals surface area (Å²) >= 11 is 0. The third kappa shape index (κ3) is 2.93. The molecule has 19 heavy (non-hydrogen) atoms. The normalized spacial score (nSPS) is 10.4. The van der Waals surface area contributed by atoms with Crippen molar-refractivity contribution in [1.82, 2.24) is 4.57 Å². The van der Waals surface area contributed by atoms with Crippen LogP contribution < -0.4 is 11.1 Å². The van der Waals surface area contributed by atoms with E-state index in [1.54, 1.807) is 6.07 Å². The fourth-order valence-corrected chi connectivity index (χ4v) is 1.94. The zero-order valence-corrected chi connectivity index (χ0v) is 10.7. The highest BCUT2D eigenvalue weighted by molar-refractivity contribution is 5.94. The molecule has 0 atom stereocenters. The highest BCUT2D eigenvalue weighted by Gasteiger charge is 2.09. The van der Waals surface area contributed by atoms with Gasteiger partial charge in [0.2, 0.25) is 0 Å². The van der Waals surface area contributed by atoms with Gasteiger partial charge in [0, 0.05) is 24.1 Å². The van der Waals surface area contributed by atoms with E-state index in [0.29, 0.717) is 12.2 Å². The Morgan fingerprint density at radius 3 is 2.89 bits per heavy atom. The number of hydrogen-bond acceptors (Lipinski definition) is 2. The van der Waals surface area contributed by atoms with Crippen LogP contribution in [0.5, 0.6) is 0 Å². The van der Waals surface area contributed by atoms with Gasteiger partial charge < -0.3 is 15.6 Å². The molecule has 1 heterocycles. The van der Waals surface area contributed by atoms with Gasteiger partial charge in [-0.3, -0.25) is 4.79 Å². The highest BCUT2D eigenvalue weighted by Crippen LogP contribution is 2.15. The molecule has 0 bridgehead atoms. The minimum atomic E-state index is -0.766. The van der Waals surface area contributed by atoms with Crippen LogP contribution in [-0.2, 0) is 13.1 Å². The lowest BCUT2D eigenvalue weighted by Crippen LogP contribution is -2.14. The number of carbonyl (C=O) groups is 1. The van der Waals surface area contributed by atoms with Crippen LogP contribution in [0.2, 0.25) is 0 Å². The van der Waals surface area contributed by atoms with Gasteiger partial charge >= 0.3 is 0 Å². The lowest BCUT2D eigenvalue weighted by atomic mass is 10.1. The van der Waals surface area contributed by atoms with E-state index in [0.717, 1.165) is 12.2 Å². The number of nitrogens with zero attached hydrogens (tertiary/aromatic N) is 1. The second-order valence-corrected chi connectivity index (χ2v) is 4.20. The summed E-state index contributed by atoms with van der Waals surface area (Å²) in [5, 5.41) is 3.15. The second kappa shape index (κ2) is 5.56. The molecule has 4 nitrogen and oxygen atoms in total. The zero-order valence-electron chi connectivity index (χ0n) is 10.7. The Hall–Kier alpha value is -2.30. The number of benzene rings is 1. The molecule has 2 aromatic rings. The zero-order chi connectivity index (χ0) is 13.8. The van der Waals surface area contributed by atoms with E-state index in [2.05, 4.69) is 16.8 Å². The Morgan fingerprint density at radius 1 is 1.42 bits per heavy atom. The largest absolute Gasteiger partial charge is 0.379 e. The molecule has 3 N–H and O–H groups in total. The van der Waals surface area contributed by atoms with Gasteiger partial charge in [-0.15, -0.1) is 0 Å². The second-order valence-electron chi connectivity index (χ2n) is 4.20. The number of aromatic nitrogens is 1. The van der Waals surface area contributed by atoms with E-state index in [-0.39, 0.29) is 5.56 Å². The third-order valence-electron chi connectivity index (χ3n) is 2.97. The molecule has 2 rings (SSSR count). The summed E-state index contributed by atoms with van der Waals surface area (Å²) < 4.78 is 15.4. The predicted molar refractivity (Wildman–Crippen MR) is 72.4 cm³/mol. The first kappa shape index (κ1) is 13.1. The van der Waals surface area contributed by atoms with Crippen LogP contribution in [0.3, 0.4) is 0 Å². The number of anilines is 1. The molecule has 0 radical (unpaired) electrons. The molecular formula is C14H16FN3O. The standard InChI is InChI=1S/C14H16FN3O/c1-2-18-7-3-4-11(18)9-17-10-5-6-13(15)12(8-10)14(16)19/h3-8,17H,2,9H2,1H3,(H2,16,19). The quantitative estimate of drug-likeness (QED) is 0.868. The summed E-state index contributed by atoms with van der Waals surface area (Å²) in [6, 6.07) is 8.23. The van der Waals surface area contributed by atoms with Gasteiger partial charge in [-0.2, -0.15) is 0 Å². The van der Waals surface area contributed by atoms with Gasteiger partial charge in [0.1, 0.15) is 5.82 Å². The molecule has 1 aromatic carbocycles. The topological polar surface area (TPSA) is 60.1 Å². The molecule has 1 amide bonds. The molecular weight excluding hydrogens is 245 g/mol. The number of rotatable bonds is 5. The summed E-state index contributed by atoms with van der Waals surface area (Å²) in [6.07, 6.45) is 2.00. The SMILES string of the molecule is CCn1cccc1CNc1ccc(F)c(C(N)=O)c1. The molecule has 0 aliphatic carbocycles. The van der Waals surface area contributed by atoms with Crippen molar-refractivity contribution in [2.75, 3.05) is 5.32 Å². The van der Waals surface area contributed by atoms with Crippen molar-refractivity contribution in [2.24, 2.45) is 5.73 Å². The molecule has 0 saturated carbocycles. The van der Waals surface area contributed by atoms with Gasteiger partial charge in [0.05, 0.1) is 12.1 Å². The first-order valence-corrected chi connectivity index (χ1v) is 6.09. The Kier molecular flexibility index (Phi) is 3.85. The van der Waals surface area contributed by atoms with Crippen LogP contribution >= 0.6 is 0 Å². The van der Waals surface area contributed by atoms with Crippen molar-refractivity contribution >= 4 is 11.6 Å². The Balaban J connectivity index is 2.12. The van der Waals surface area contributed by atoms with Crippen LogP contribution in [0.15, 0.2) is 36.5 Å². The van der Waals surface area contributed by atoms with E-state index in [9.17, 15) is 9.18 Å². The minimum absolute atomic E-state index is 0.101. The number of aryl methyl sites for hydroxylation is 1. The maximum Gasteiger partial charge on any atom is 0.251 e. The average molecular weight is 261 g/mol. The summed E-state index contributed by atoms with van der Waals surface area (Å²) in [6.45, 7) is 3.55. The van der Waals surface area contributed by atoms with Crippen molar-refractivity contribution in [3.05, 3.63) is 53.6 Å². The lowest BCUT2D eigenvalue weighted by molar-refractivity contribution is 0.0996. The van der Waals surface area contributed by atoms with Crippen molar-refractivity contribution in [2.45, 2.75) is 20.0 Å². The molecule has 5 heteroatoms. The fourth-order valence-electron chi connectivity index (χ4n) is 1.94. The van der Waals surface area contributed by atoms with Gasteiger partial charge in [0.25, 0.3) is 5.91 Å². The molecule has 0 fully saturated rings. The van der Waals surface area contributed by atoms with E-state index in [4.69, 9.17) is 5.73 Å². The van der Waals surface area contributed by atoms with Crippen LogP contribution in [0.25, 0.3) is 0 Å². The summed E-state index contributed by atoms with van der Waals surface area (Å²) in [5.41, 5.74) is 6.79. The average Bonchev–Trinajstić information content (AvgIpc) is 2.84. The molecule has 0 unspecified atom stereocenters. The number of carbonyl (C=O) groups excluding carboxylic acids is 1. The highest BCUT2D eigenvalue weighted by atomic mass is 19.1. The van der Waals surface area contributed by atoms with Crippen LogP contribution in [-0.4, -0.2) is 10.5 Å². The number of halogens is 1. The van der Waals surface area contributed by atoms with Gasteiger partial charge in [-0.05, 0) is 37.3 Å². The van der Waals surface area contributed by atoms with Crippen molar-refractivity contribution in [3.63, 3.8) is 0 Å². The van der Waals surface area contributed by atoms with Gasteiger partial charge in [-0.1, -0.05) is 0 Å².